The van der Waals surface area contributed by atoms with E-state index in [4.69, 9.17) is 14.2 Å². The summed E-state index contributed by atoms with van der Waals surface area (Å²) in [7, 11) is 3.15. The van der Waals surface area contributed by atoms with E-state index in [9.17, 15) is 14.7 Å². The lowest BCUT2D eigenvalue weighted by atomic mass is 9.93. The fraction of sp³-hybridized carbons (Fsp3) is 0.241. The normalized spacial score (nSPS) is 16.9. The number of likely N-dealkylation sites (tertiary alicyclic amines) is 1. The number of para-hydroxylation sites is 1. The van der Waals surface area contributed by atoms with Crippen LogP contribution in [0.1, 0.15) is 29.2 Å². The number of ether oxygens (including phenoxy) is 3. The fourth-order valence-electron chi connectivity index (χ4n) is 4.38. The first-order valence-electron chi connectivity index (χ1n) is 11.7. The minimum atomic E-state index is -0.775. The van der Waals surface area contributed by atoms with E-state index >= 15 is 0 Å². The number of aliphatic hydroxyl groups is 1. The van der Waals surface area contributed by atoms with Crippen molar-refractivity contribution < 1.29 is 28.9 Å². The number of Topliss-reactive ketones (excluding diaryl/α,β-unsaturated/α-hetero) is 1. The smallest absolute Gasteiger partial charge is 0.295 e. The maximum Gasteiger partial charge on any atom is 0.295 e. The van der Waals surface area contributed by atoms with Gasteiger partial charge in [0.15, 0.2) is 0 Å². The van der Waals surface area contributed by atoms with Crippen LogP contribution >= 0.6 is 0 Å². The predicted octanol–water partition coefficient (Wildman–Crippen LogP) is 5.25. The topological polar surface area (TPSA) is 85.3 Å². The van der Waals surface area contributed by atoms with E-state index < -0.39 is 17.7 Å². The number of benzene rings is 3. The standard InChI is InChI=1S/C29H29NO6/c1-19-17-22(35-3)13-14-24(19)27(31)25-26(30(15-8-16-34-2)29(33)28(25)32)20-9-7-12-23(18-20)36-21-10-5-4-6-11-21/h4-7,9-14,17-18,26,31H,8,15-16H2,1-3H3. The zero-order valence-corrected chi connectivity index (χ0v) is 20.6. The zero-order valence-electron chi connectivity index (χ0n) is 20.6. The summed E-state index contributed by atoms with van der Waals surface area (Å²) in [5.74, 6) is 0.255. The SMILES string of the molecule is COCCCN1C(=O)C(=O)C(=C(O)c2ccc(OC)cc2C)C1c1cccc(Oc2ccccc2)c1. The van der Waals surface area contributed by atoms with Crippen LogP contribution < -0.4 is 9.47 Å². The molecule has 0 radical (unpaired) electrons. The summed E-state index contributed by atoms with van der Waals surface area (Å²) in [6, 6.07) is 21.0. The first kappa shape index (κ1) is 25.0. The average Bonchev–Trinajstić information content (AvgIpc) is 3.14. The number of rotatable bonds is 9. The molecule has 3 aromatic rings. The highest BCUT2D eigenvalue weighted by molar-refractivity contribution is 6.46. The van der Waals surface area contributed by atoms with Crippen molar-refractivity contribution in [2.75, 3.05) is 27.4 Å². The van der Waals surface area contributed by atoms with Gasteiger partial charge < -0.3 is 24.2 Å². The molecule has 1 N–H and O–H groups in total. The number of amides is 1. The largest absolute Gasteiger partial charge is 0.507 e. The second kappa shape index (κ2) is 11.1. The van der Waals surface area contributed by atoms with E-state index in [0.29, 0.717) is 47.9 Å². The lowest BCUT2D eigenvalue weighted by Crippen LogP contribution is -2.31. The molecule has 1 fully saturated rings. The lowest BCUT2D eigenvalue weighted by Gasteiger charge is -2.25. The predicted molar refractivity (Wildman–Crippen MR) is 136 cm³/mol. The molecule has 1 unspecified atom stereocenters. The second-order valence-electron chi connectivity index (χ2n) is 8.51. The van der Waals surface area contributed by atoms with Crippen LogP contribution in [0.25, 0.3) is 5.76 Å². The Morgan fingerprint density at radius 1 is 0.917 bits per heavy atom. The van der Waals surface area contributed by atoms with Crippen LogP contribution in [0, 0.1) is 6.92 Å². The first-order valence-corrected chi connectivity index (χ1v) is 11.7. The molecule has 0 aliphatic carbocycles. The third-order valence-corrected chi connectivity index (χ3v) is 6.13. The molecule has 7 nitrogen and oxygen atoms in total. The molecular weight excluding hydrogens is 458 g/mol. The molecule has 1 saturated heterocycles. The Hall–Kier alpha value is -4.10. The minimum absolute atomic E-state index is 0.0440. The van der Waals surface area contributed by atoms with Gasteiger partial charge in [-0.2, -0.15) is 0 Å². The minimum Gasteiger partial charge on any atom is -0.507 e. The molecule has 1 atom stereocenters. The van der Waals surface area contributed by atoms with Gasteiger partial charge in [0.25, 0.3) is 11.7 Å². The summed E-state index contributed by atoms with van der Waals surface area (Å²) in [5.41, 5.74) is 1.89. The highest BCUT2D eigenvalue weighted by atomic mass is 16.5. The molecule has 1 aliphatic heterocycles. The Morgan fingerprint density at radius 3 is 2.36 bits per heavy atom. The fourth-order valence-corrected chi connectivity index (χ4v) is 4.38. The van der Waals surface area contributed by atoms with E-state index in [0.717, 1.165) is 5.56 Å². The van der Waals surface area contributed by atoms with Gasteiger partial charge in [0.1, 0.15) is 23.0 Å². The van der Waals surface area contributed by atoms with Crippen molar-refractivity contribution in [2.24, 2.45) is 0 Å². The van der Waals surface area contributed by atoms with Gasteiger partial charge in [-0.25, -0.2) is 0 Å². The molecular formula is C29H29NO6. The Labute approximate surface area is 210 Å². The number of aryl methyl sites for hydroxylation is 1. The zero-order chi connectivity index (χ0) is 25.7. The van der Waals surface area contributed by atoms with E-state index in [1.165, 1.54) is 4.90 Å². The second-order valence-corrected chi connectivity index (χ2v) is 8.51. The number of hydrogen-bond acceptors (Lipinski definition) is 6. The van der Waals surface area contributed by atoms with Gasteiger partial charge >= 0.3 is 0 Å². The first-order chi connectivity index (χ1) is 17.4. The van der Waals surface area contributed by atoms with Crippen molar-refractivity contribution in [1.82, 2.24) is 4.90 Å². The molecule has 36 heavy (non-hydrogen) atoms. The monoisotopic (exact) mass is 487 g/mol. The quantitative estimate of drug-likeness (QED) is 0.192. The van der Waals surface area contributed by atoms with Crippen LogP contribution in [0.4, 0.5) is 0 Å². The van der Waals surface area contributed by atoms with Gasteiger partial charge in [-0.15, -0.1) is 0 Å². The van der Waals surface area contributed by atoms with Gasteiger partial charge in [0.2, 0.25) is 0 Å². The van der Waals surface area contributed by atoms with E-state index in [1.807, 2.05) is 49.4 Å². The maximum absolute atomic E-state index is 13.3. The van der Waals surface area contributed by atoms with E-state index in [2.05, 4.69) is 0 Å². The summed E-state index contributed by atoms with van der Waals surface area (Å²) < 4.78 is 16.4. The van der Waals surface area contributed by atoms with Crippen molar-refractivity contribution in [3.63, 3.8) is 0 Å². The molecule has 186 valence electrons. The van der Waals surface area contributed by atoms with Crippen LogP contribution in [0.15, 0.2) is 78.4 Å². The number of carbonyl (C=O) groups excluding carboxylic acids is 2. The van der Waals surface area contributed by atoms with Crippen LogP contribution in [-0.4, -0.2) is 49.1 Å². The van der Waals surface area contributed by atoms with E-state index in [-0.39, 0.29) is 11.3 Å². The van der Waals surface area contributed by atoms with Gasteiger partial charge in [0, 0.05) is 25.8 Å². The van der Waals surface area contributed by atoms with Gasteiger partial charge in [-0.05, 0) is 66.9 Å². The molecule has 0 aromatic heterocycles. The highest BCUT2D eigenvalue weighted by Gasteiger charge is 2.46. The van der Waals surface area contributed by atoms with Gasteiger partial charge in [-0.1, -0.05) is 30.3 Å². The number of nitrogens with zero attached hydrogens (tertiary/aromatic N) is 1. The van der Waals surface area contributed by atoms with Crippen molar-refractivity contribution in [1.29, 1.82) is 0 Å². The summed E-state index contributed by atoms with van der Waals surface area (Å²) in [6.07, 6.45) is 0.543. The summed E-state index contributed by atoms with van der Waals surface area (Å²) in [5, 5.41) is 11.4. The van der Waals surface area contributed by atoms with Crippen molar-refractivity contribution in [3.05, 3.63) is 95.1 Å². The Balaban J connectivity index is 1.80. The molecule has 1 amide bonds. The molecule has 4 rings (SSSR count). The summed E-state index contributed by atoms with van der Waals surface area (Å²) in [6.45, 7) is 2.55. The summed E-state index contributed by atoms with van der Waals surface area (Å²) >= 11 is 0. The molecule has 1 aliphatic rings. The van der Waals surface area contributed by atoms with Crippen molar-refractivity contribution >= 4 is 17.4 Å². The Bertz CT molecular complexity index is 1280. The molecule has 0 bridgehead atoms. The lowest BCUT2D eigenvalue weighted by molar-refractivity contribution is -0.140. The number of hydrogen-bond donors (Lipinski definition) is 1. The Kier molecular flexibility index (Phi) is 7.71. The summed E-state index contributed by atoms with van der Waals surface area (Å²) in [4.78, 5) is 27.9. The van der Waals surface area contributed by atoms with Crippen LogP contribution in [0.3, 0.4) is 0 Å². The van der Waals surface area contributed by atoms with E-state index in [1.54, 1.807) is 44.6 Å². The third-order valence-electron chi connectivity index (χ3n) is 6.13. The number of carbonyl (C=O) groups is 2. The van der Waals surface area contributed by atoms with Crippen molar-refractivity contribution in [3.8, 4) is 17.2 Å². The van der Waals surface area contributed by atoms with Crippen LogP contribution in [0.5, 0.6) is 17.2 Å². The number of methoxy groups -OCH3 is 2. The number of ketones is 1. The molecule has 0 spiro atoms. The van der Waals surface area contributed by atoms with Gasteiger partial charge in [-0.3, -0.25) is 9.59 Å². The molecule has 3 aromatic carbocycles. The highest BCUT2D eigenvalue weighted by Crippen LogP contribution is 2.41. The average molecular weight is 488 g/mol. The van der Waals surface area contributed by atoms with Crippen LogP contribution in [-0.2, 0) is 14.3 Å². The molecule has 1 heterocycles. The number of aliphatic hydroxyl groups excluding tert-OH is 1. The van der Waals surface area contributed by atoms with Crippen LogP contribution in [0.2, 0.25) is 0 Å². The van der Waals surface area contributed by atoms with Crippen molar-refractivity contribution in [2.45, 2.75) is 19.4 Å². The van der Waals surface area contributed by atoms with Gasteiger partial charge in [0.05, 0.1) is 18.7 Å². The Morgan fingerprint density at radius 2 is 1.67 bits per heavy atom. The molecule has 7 heteroatoms. The molecule has 0 saturated carbocycles. The third kappa shape index (κ3) is 5.11. The maximum atomic E-state index is 13.3.